The summed E-state index contributed by atoms with van der Waals surface area (Å²) in [6.07, 6.45) is 6.25. The van der Waals surface area contributed by atoms with Gasteiger partial charge in [-0.25, -0.2) is 14.1 Å². The van der Waals surface area contributed by atoms with E-state index in [1.54, 1.807) is 29.2 Å². The molecule has 0 unspecified atom stereocenters. The van der Waals surface area contributed by atoms with Gasteiger partial charge in [0.2, 0.25) is 0 Å². The van der Waals surface area contributed by atoms with Crippen molar-refractivity contribution < 1.29 is 17.9 Å². The standard InChI is InChI=1S/C28H22F3N7O/c29-17-9-15(12-33-25(17)28(32)7-2-8-28)14-5-6-18-19(10-14)37-20-11-21(26(37)35-18)38-22(13-34-36-38)16-3-1-4-23(24(16)20)39-27(30)31/h1,3-6,9-10,12-13,20-21,27H,2,7-8,11,32H2/t20-,21-/m1/s1. The van der Waals surface area contributed by atoms with Crippen molar-refractivity contribution >= 4 is 11.0 Å². The molecule has 5 aromatic rings. The van der Waals surface area contributed by atoms with Gasteiger partial charge < -0.3 is 15.0 Å². The molecule has 2 aromatic carbocycles. The number of nitrogens with zero attached hydrogens (tertiary/aromatic N) is 6. The van der Waals surface area contributed by atoms with Crippen molar-refractivity contribution in [2.24, 2.45) is 5.73 Å². The van der Waals surface area contributed by atoms with Crippen LogP contribution in [0.25, 0.3) is 33.4 Å². The third-order valence-electron chi connectivity index (χ3n) is 8.43. The summed E-state index contributed by atoms with van der Waals surface area (Å²) in [5.41, 5.74) is 11.0. The quantitative estimate of drug-likeness (QED) is 0.338. The summed E-state index contributed by atoms with van der Waals surface area (Å²) in [6.45, 7) is -2.97. The highest BCUT2D eigenvalue weighted by Gasteiger charge is 2.43. The predicted molar refractivity (Wildman–Crippen MR) is 136 cm³/mol. The topological polar surface area (TPSA) is 96.7 Å². The van der Waals surface area contributed by atoms with E-state index >= 15 is 4.39 Å². The van der Waals surface area contributed by atoms with Crippen LogP contribution in [-0.2, 0) is 5.54 Å². The molecule has 1 fully saturated rings. The fraction of sp³-hybridized carbons (Fsp3) is 0.286. The Morgan fingerprint density at radius 3 is 2.69 bits per heavy atom. The zero-order valence-electron chi connectivity index (χ0n) is 20.6. The van der Waals surface area contributed by atoms with Crippen LogP contribution >= 0.6 is 0 Å². The van der Waals surface area contributed by atoms with Gasteiger partial charge in [0.1, 0.15) is 23.4 Å². The third-order valence-corrected chi connectivity index (χ3v) is 8.43. The van der Waals surface area contributed by atoms with Crippen LogP contribution in [0.2, 0.25) is 0 Å². The van der Waals surface area contributed by atoms with E-state index in [4.69, 9.17) is 15.5 Å². The summed E-state index contributed by atoms with van der Waals surface area (Å²) in [5, 5.41) is 8.44. The molecule has 0 spiro atoms. The Hall–Kier alpha value is -4.25. The molecule has 39 heavy (non-hydrogen) atoms. The Morgan fingerprint density at radius 1 is 1.05 bits per heavy atom. The fourth-order valence-electron chi connectivity index (χ4n) is 6.47. The van der Waals surface area contributed by atoms with Crippen molar-refractivity contribution in [1.29, 1.82) is 0 Å². The highest BCUT2D eigenvalue weighted by Crippen LogP contribution is 2.52. The Kier molecular flexibility index (Phi) is 4.59. The van der Waals surface area contributed by atoms with Crippen LogP contribution in [0.5, 0.6) is 5.75 Å². The number of imidazole rings is 1. The number of rotatable bonds is 4. The van der Waals surface area contributed by atoms with Crippen molar-refractivity contribution in [3.8, 4) is 28.1 Å². The Bertz CT molecular complexity index is 1790. The second kappa shape index (κ2) is 7.89. The molecule has 196 valence electrons. The zero-order valence-corrected chi connectivity index (χ0v) is 20.6. The lowest BCUT2D eigenvalue weighted by atomic mass is 9.75. The first kappa shape index (κ1) is 22.7. The summed E-state index contributed by atoms with van der Waals surface area (Å²) in [4.78, 5) is 9.33. The van der Waals surface area contributed by atoms with Crippen molar-refractivity contribution in [2.45, 2.75) is 49.9 Å². The van der Waals surface area contributed by atoms with Crippen molar-refractivity contribution in [3.63, 3.8) is 0 Å². The second-order valence-corrected chi connectivity index (χ2v) is 10.5. The van der Waals surface area contributed by atoms with Crippen LogP contribution in [0.1, 0.15) is 54.8 Å². The first-order valence-electron chi connectivity index (χ1n) is 12.9. The number of benzene rings is 2. The lowest BCUT2D eigenvalue weighted by molar-refractivity contribution is -0.0506. The van der Waals surface area contributed by atoms with Gasteiger partial charge in [-0.15, -0.1) is 5.10 Å². The first-order chi connectivity index (χ1) is 18.9. The van der Waals surface area contributed by atoms with Crippen molar-refractivity contribution in [3.05, 3.63) is 77.8 Å². The molecule has 2 bridgehead atoms. The Labute approximate surface area is 220 Å². The van der Waals surface area contributed by atoms with Gasteiger partial charge in [0.05, 0.1) is 40.2 Å². The van der Waals surface area contributed by atoms with Crippen LogP contribution in [0.3, 0.4) is 0 Å². The Balaban J connectivity index is 1.30. The first-order valence-corrected chi connectivity index (χ1v) is 12.9. The van der Waals surface area contributed by atoms with Crippen LogP contribution in [-0.4, -0.2) is 36.1 Å². The summed E-state index contributed by atoms with van der Waals surface area (Å²) in [5.74, 6) is 0.452. The molecule has 5 heterocycles. The second-order valence-electron chi connectivity index (χ2n) is 10.5. The van der Waals surface area contributed by atoms with Crippen LogP contribution in [0, 0.1) is 5.82 Å². The Morgan fingerprint density at radius 2 is 1.92 bits per heavy atom. The largest absolute Gasteiger partial charge is 0.434 e. The van der Waals surface area contributed by atoms with E-state index in [-0.39, 0.29) is 17.8 Å². The van der Waals surface area contributed by atoms with E-state index in [1.165, 1.54) is 6.07 Å². The van der Waals surface area contributed by atoms with Gasteiger partial charge in [0.15, 0.2) is 0 Å². The fourth-order valence-corrected chi connectivity index (χ4v) is 6.47. The SMILES string of the molecule is NC1(c2ncc(-c3ccc4nc5n(c4c3)[C@@H]3C[C@H]5n4nncc4-c4cccc(OC(F)F)c43)cc2F)CCC1. The van der Waals surface area contributed by atoms with E-state index in [0.717, 1.165) is 52.9 Å². The minimum atomic E-state index is -2.97. The number of hydrogen-bond acceptors (Lipinski definition) is 6. The lowest BCUT2D eigenvalue weighted by Gasteiger charge is -2.37. The maximum Gasteiger partial charge on any atom is 0.387 e. The maximum atomic E-state index is 15.1. The van der Waals surface area contributed by atoms with Crippen LogP contribution < -0.4 is 10.5 Å². The molecule has 2 N–H and O–H groups in total. The molecule has 0 saturated heterocycles. The van der Waals surface area contributed by atoms with E-state index in [1.807, 2.05) is 24.3 Å². The van der Waals surface area contributed by atoms with E-state index < -0.39 is 18.0 Å². The van der Waals surface area contributed by atoms with Crippen molar-refractivity contribution in [2.75, 3.05) is 0 Å². The van der Waals surface area contributed by atoms with Crippen molar-refractivity contribution in [1.82, 2.24) is 29.5 Å². The van der Waals surface area contributed by atoms with Crippen LogP contribution in [0.15, 0.2) is 54.9 Å². The molecule has 2 atom stereocenters. The molecule has 0 amide bonds. The number of nitrogens with two attached hydrogens (primary N) is 1. The molecule has 0 radical (unpaired) electrons. The zero-order chi connectivity index (χ0) is 26.5. The number of fused-ring (bicyclic) bond motifs is 6. The number of ether oxygens (including phenoxy) is 1. The monoisotopic (exact) mass is 529 g/mol. The summed E-state index contributed by atoms with van der Waals surface area (Å²) < 4.78 is 50.9. The van der Waals surface area contributed by atoms with Gasteiger partial charge in [0.25, 0.3) is 0 Å². The summed E-state index contributed by atoms with van der Waals surface area (Å²) in [7, 11) is 0. The minimum absolute atomic E-state index is 0.111. The number of alkyl halides is 2. The molecule has 1 aliphatic carbocycles. The minimum Gasteiger partial charge on any atom is -0.434 e. The van der Waals surface area contributed by atoms with Gasteiger partial charge in [-0.3, -0.25) is 4.98 Å². The lowest BCUT2D eigenvalue weighted by Crippen LogP contribution is -2.44. The molecule has 1 saturated carbocycles. The molecule has 11 heteroatoms. The molecule has 3 aliphatic rings. The molecule has 2 aliphatic heterocycles. The number of halogens is 3. The smallest absolute Gasteiger partial charge is 0.387 e. The summed E-state index contributed by atoms with van der Waals surface area (Å²) >= 11 is 0. The third kappa shape index (κ3) is 3.16. The molecular formula is C28H22F3N7O. The molecule has 8 nitrogen and oxygen atoms in total. The summed E-state index contributed by atoms with van der Waals surface area (Å²) in [6, 6.07) is 11.7. The van der Waals surface area contributed by atoms with E-state index in [9.17, 15) is 8.78 Å². The number of aromatic nitrogens is 6. The number of pyridine rings is 1. The predicted octanol–water partition coefficient (Wildman–Crippen LogP) is 5.33. The van der Waals surface area contributed by atoms with E-state index in [0.29, 0.717) is 23.2 Å². The average molecular weight is 530 g/mol. The van der Waals surface area contributed by atoms with Gasteiger partial charge in [-0.1, -0.05) is 23.4 Å². The van der Waals surface area contributed by atoms with Crippen LogP contribution in [0.4, 0.5) is 13.2 Å². The highest BCUT2D eigenvalue weighted by atomic mass is 19.3. The molecule has 3 aromatic heterocycles. The normalized spacial score (nSPS) is 20.3. The van der Waals surface area contributed by atoms with Gasteiger partial charge in [0, 0.05) is 29.3 Å². The molecule has 8 rings (SSSR count). The number of hydrogen-bond donors (Lipinski definition) is 1. The maximum absolute atomic E-state index is 15.1. The van der Waals surface area contributed by atoms with Gasteiger partial charge in [-0.05, 0) is 49.1 Å². The van der Waals surface area contributed by atoms with Gasteiger partial charge in [-0.2, -0.15) is 8.78 Å². The average Bonchev–Trinajstić information content (AvgIpc) is 3.59. The molecular weight excluding hydrogens is 507 g/mol. The highest BCUT2D eigenvalue weighted by molar-refractivity contribution is 5.84. The van der Waals surface area contributed by atoms with Gasteiger partial charge >= 0.3 is 6.61 Å². The van der Waals surface area contributed by atoms with E-state index in [2.05, 4.69) is 19.9 Å².